The van der Waals surface area contributed by atoms with Gasteiger partial charge in [-0.1, -0.05) is 63.4 Å². The highest BCUT2D eigenvalue weighted by molar-refractivity contribution is 9.09. The number of aromatic nitrogens is 4. The molecule has 4 aromatic heterocycles. The molecule has 7 N–H and O–H groups in total. The first kappa shape index (κ1) is 60.1. The van der Waals surface area contributed by atoms with Gasteiger partial charge < -0.3 is 55.5 Å². The molecule has 7 heterocycles. The number of halogens is 3. The van der Waals surface area contributed by atoms with E-state index in [1.54, 1.807) is 79.8 Å². The van der Waals surface area contributed by atoms with Crippen molar-refractivity contribution in [3.63, 3.8) is 0 Å². The molecule has 3 saturated heterocycles. The average molecular weight is 1170 g/mol. The predicted molar refractivity (Wildman–Crippen MR) is 291 cm³/mol. The molecule has 0 radical (unpaired) electrons. The smallest absolute Gasteiger partial charge is 0.323 e. The second kappa shape index (κ2) is 27.9. The molecule has 0 unspecified atom stereocenters. The summed E-state index contributed by atoms with van der Waals surface area (Å²) in [5, 5.41) is 47.8. The predicted octanol–water partition coefficient (Wildman–Crippen LogP) is 3.12. The number of hydrogen-bond donors (Lipinski definition) is 7. The number of carboxylic acid groups (broad SMARTS) is 1. The van der Waals surface area contributed by atoms with E-state index in [1.807, 2.05) is 7.05 Å². The van der Waals surface area contributed by atoms with Gasteiger partial charge in [0.05, 0.1) is 70.3 Å². The molecule has 412 valence electrons. The Morgan fingerprint density at radius 3 is 1.40 bits per heavy atom. The summed E-state index contributed by atoms with van der Waals surface area (Å²) < 4.78 is 17.3. The highest BCUT2D eigenvalue weighted by Gasteiger charge is 2.40. The number of ether oxygens (including phenoxy) is 3. The molecule has 77 heavy (non-hydrogen) atoms. The third-order valence-corrected chi connectivity index (χ3v) is 14.5. The number of benzene rings is 2. The van der Waals surface area contributed by atoms with Crippen molar-refractivity contribution in [1.82, 2.24) is 40.0 Å². The van der Waals surface area contributed by atoms with Crippen LogP contribution >= 0.6 is 39.1 Å². The Labute approximate surface area is 461 Å². The van der Waals surface area contributed by atoms with Gasteiger partial charge in [0.1, 0.15) is 35.5 Å². The van der Waals surface area contributed by atoms with E-state index in [4.69, 9.17) is 52.7 Å². The van der Waals surface area contributed by atoms with Crippen LogP contribution in [0.1, 0.15) is 31.8 Å². The summed E-state index contributed by atoms with van der Waals surface area (Å²) in [4.78, 5) is 85.0. The SMILES string of the molecule is CN(CC1(CO)COC1)C(=O)Cn1c(=O)c(C(=O)NCc2ccc(Cl)cc2)cc2cccnc21.CNCC1(CO)COC1.O=C(O)Cn1c(=O)c(C(=O)NCc2ccc(Cl)cc2)cc2cccnc21.OCC1(CBr)COC1. The maximum atomic E-state index is 13.3. The maximum absolute atomic E-state index is 13.3. The van der Waals surface area contributed by atoms with Gasteiger partial charge >= 0.3 is 5.97 Å². The zero-order valence-electron chi connectivity index (χ0n) is 42.4. The number of amides is 3. The number of rotatable bonds is 18. The van der Waals surface area contributed by atoms with E-state index in [1.165, 1.54) is 34.0 Å². The molecule has 21 nitrogen and oxygen atoms in total. The van der Waals surface area contributed by atoms with E-state index >= 15 is 0 Å². The highest BCUT2D eigenvalue weighted by Crippen LogP contribution is 2.29. The minimum absolute atomic E-state index is 0.0365. The topological polar surface area (TPSA) is 286 Å². The zero-order chi connectivity index (χ0) is 55.8. The Kier molecular flexibility index (Phi) is 21.8. The lowest BCUT2D eigenvalue weighted by Gasteiger charge is -2.42. The molecule has 3 aliphatic heterocycles. The Morgan fingerprint density at radius 2 is 1.08 bits per heavy atom. The van der Waals surface area contributed by atoms with Gasteiger partial charge in [0.15, 0.2) is 0 Å². The number of carbonyl (C=O) groups excluding carboxylic acids is 3. The minimum Gasteiger partial charge on any atom is -0.480 e. The fraction of sp³-hybridized carbons (Fsp3) is 0.396. The van der Waals surface area contributed by atoms with Gasteiger partial charge in [-0.3, -0.25) is 37.9 Å². The molecule has 0 aliphatic carbocycles. The number of fused-ring (bicyclic) bond motifs is 2. The number of alkyl halides is 1. The summed E-state index contributed by atoms with van der Waals surface area (Å²) in [5.74, 6) is -2.67. The van der Waals surface area contributed by atoms with E-state index in [0.717, 1.165) is 27.6 Å². The van der Waals surface area contributed by atoms with Crippen LogP contribution in [0.2, 0.25) is 10.0 Å². The van der Waals surface area contributed by atoms with Crippen molar-refractivity contribution in [2.45, 2.75) is 26.2 Å². The van der Waals surface area contributed by atoms with Gasteiger partial charge in [0, 0.05) is 77.2 Å². The fourth-order valence-corrected chi connectivity index (χ4v) is 8.77. The van der Waals surface area contributed by atoms with Crippen LogP contribution in [0.5, 0.6) is 0 Å². The number of carboxylic acids is 1. The van der Waals surface area contributed by atoms with Crippen LogP contribution in [0, 0.1) is 16.2 Å². The molecule has 6 aromatic rings. The number of pyridine rings is 4. The van der Waals surface area contributed by atoms with Crippen LogP contribution in [-0.2, 0) is 50.0 Å². The molecular weight excluding hydrogens is 1110 g/mol. The number of aliphatic hydroxyl groups excluding tert-OH is 3. The van der Waals surface area contributed by atoms with Gasteiger partial charge in [0.25, 0.3) is 22.9 Å². The first-order valence-corrected chi connectivity index (χ1v) is 26.1. The minimum atomic E-state index is -1.20. The Morgan fingerprint density at radius 1 is 0.662 bits per heavy atom. The van der Waals surface area contributed by atoms with E-state index < -0.39 is 40.9 Å². The summed E-state index contributed by atoms with van der Waals surface area (Å²) in [6, 6.07) is 23.6. The van der Waals surface area contributed by atoms with Gasteiger partial charge in [0.2, 0.25) is 5.91 Å². The monoisotopic (exact) mass is 1170 g/mol. The Balaban J connectivity index is 0.000000194. The molecule has 9 rings (SSSR count). The number of hydrogen-bond acceptors (Lipinski definition) is 15. The zero-order valence-corrected chi connectivity index (χ0v) is 45.5. The van der Waals surface area contributed by atoms with Crippen molar-refractivity contribution in [2.75, 3.05) is 92.0 Å². The van der Waals surface area contributed by atoms with Crippen molar-refractivity contribution in [1.29, 1.82) is 0 Å². The molecule has 2 aromatic carbocycles. The number of carbonyl (C=O) groups is 4. The summed E-state index contributed by atoms with van der Waals surface area (Å²) in [6.45, 7) is 4.61. The number of nitrogens with zero attached hydrogens (tertiary/aromatic N) is 5. The molecule has 0 saturated carbocycles. The van der Waals surface area contributed by atoms with Gasteiger partial charge in [-0.15, -0.1) is 0 Å². The summed E-state index contributed by atoms with van der Waals surface area (Å²) >= 11 is 15.0. The lowest BCUT2D eigenvalue weighted by molar-refractivity contribution is -0.157. The van der Waals surface area contributed by atoms with Gasteiger partial charge in [-0.25, -0.2) is 9.97 Å². The van der Waals surface area contributed by atoms with Crippen molar-refractivity contribution < 1.29 is 53.8 Å². The number of aliphatic carboxylic acids is 1. The normalized spacial score (nSPS) is 15.3. The first-order valence-electron chi connectivity index (χ1n) is 24.2. The van der Waals surface area contributed by atoms with Crippen molar-refractivity contribution in [2.24, 2.45) is 16.2 Å². The van der Waals surface area contributed by atoms with Crippen molar-refractivity contribution in [3.8, 4) is 0 Å². The molecule has 0 atom stereocenters. The molecule has 24 heteroatoms. The van der Waals surface area contributed by atoms with Gasteiger partial charge in [-0.05, 0) is 78.8 Å². The molecule has 3 fully saturated rings. The number of aliphatic hydroxyl groups is 3. The first-order chi connectivity index (χ1) is 36.9. The fourth-order valence-electron chi connectivity index (χ4n) is 8.01. The van der Waals surface area contributed by atoms with Crippen molar-refractivity contribution >= 4 is 84.9 Å². The quantitative estimate of drug-likeness (QED) is 0.0609. The van der Waals surface area contributed by atoms with Crippen molar-refractivity contribution in [3.05, 3.63) is 150 Å². The summed E-state index contributed by atoms with van der Waals surface area (Å²) in [5.41, 5.74) is 0.253. The van der Waals surface area contributed by atoms with E-state index in [2.05, 4.69) is 41.8 Å². The van der Waals surface area contributed by atoms with Crippen LogP contribution in [0.25, 0.3) is 22.1 Å². The lowest BCUT2D eigenvalue weighted by atomic mass is 9.86. The van der Waals surface area contributed by atoms with E-state index in [9.17, 15) is 33.9 Å². The average Bonchev–Trinajstić information content (AvgIpc) is 3.40. The second-order valence-corrected chi connectivity index (χ2v) is 20.5. The largest absolute Gasteiger partial charge is 0.480 e. The molecular formula is C53H61BrCl2N8O13. The molecule has 0 spiro atoms. The van der Waals surface area contributed by atoms with E-state index in [-0.39, 0.29) is 73.0 Å². The number of likely N-dealkylation sites (N-methyl/N-ethyl adjacent to an activating group) is 1. The molecule has 3 aliphatic rings. The van der Waals surface area contributed by atoms with E-state index in [0.29, 0.717) is 72.7 Å². The third-order valence-electron chi connectivity index (χ3n) is 12.8. The lowest BCUT2D eigenvalue weighted by Crippen LogP contribution is -2.54. The Hall–Kier alpha value is -6.18. The summed E-state index contributed by atoms with van der Waals surface area (Å²) in [7, 11) is 3.50. The third kappa shape index (κ3) is 15.7. The molecule has 3 amide bonds. The second-order valence-electron chi connectivity index (χ2n) is 19.1. The van der Waals surface area contributed by atoms with Crippen LogP contribution in [0.3, 0.4) is 0 Å². The van der Waals surface area contributed by atoms with Gasteiger partial charge in [-0.2, -0.15) is 0 Å². The van der Waals surface area contributed by atoms with Crippen LogP contribution in [0.4, 0.5) is 0 Å². The molecule has 0 bridgehead atoms. The summed E-state index contributed by atoms with van der Waals surface area (Å²) in [6.07, 6.45) is 2.99. The van der Waals surface area contributed by atoms with Crippen LogP contribution in [-0.4, -0.2) is 160 Å². The van der Waals surface area contributed by atoms with Crippen LogP contribution in [0.15, 0.2) is 107 Å². The highest BCUT2D eigenvalue weighted by atomic mass is 79.9. The van der Waals surface area contributed by atoms with Crippen LogP contribution < -0.4 is 27.1 Å². The maximum Gasteiger partial charge on any atom is 0.323 e. The number of nitrogens with one attached hydrogen (secondary N) is 3. The Bertz CT molecular complexity index is 3090. The standard InChI is InChI=1S/C24H25ClN4O5.C18H14ClN3O4.C6H13NO2.C5H9BrO2/c1-28(12-24(13-30)14-34-15-24)20(31)11-29-21-17(3-2-8-26-21)9-19(23(29)33)22(32)27-10-16-4-6-18(25)7-5-16;19-13-5-3-11(4-6-13)9-21-17(25)14-8-12-2-1-7-20-16(12)22(18(14)26)10-15(23)24;1-7-2-6(3-8)4-9-5-6;6-1-5(2-7)3-8-4-5/h2-9,30H,10-15H2,1H3,(H,27,32);1-8H,9-10H2,(H,21,25)(H,23,24);7-8H,2-5H2,1H3;7H,1-4H2.